The number of halogens is 3. The number of carbonyl (C=O) groups is 2. The van der Waals surface area contributed by atoms with Crippen molar-refractivity contribution in [3.63, 3.8) is 0 Å². The number of anilines is 1. The van der Waals surface area contributed by atoms with Crippen LogP contribution in [0.15, 0.2) is 66.7 Å². The van der Waals surface area contributed by atoms with Gasteiger partial charge in [0.2, 0.25) is 12.2 Å². The third-order valence-corrected chi connectivity index (χ3v) is 8.49. The normalized spacial score (nSPS) is 24.7. The number of aromatic nitrogens is 2. The van der Waals surface area contributed by atoms with Crippen LogP contribution < -0.4 is 5.32 Å². The molecule has 3 aromatic carbocycles. The third-order valence-electron chi connectivity index (χ3n) is 8.49. The second kappa shape index (κ2) is 11.7. The van der Waals surface area contributed by atoms with Crippen LogP contribution >= 0.6 is 0 Å². The van der Waals surface area contributed by atoms with Gasteiger partial charge in [0, 0.05) is 36.6 Å². The summed E-state index contributed by atoms with van der Waals surface area (Å²) in [6, 6.07) is 23.3. The molecule has 228 valence electrons. The maximum atomic E-state index is 12.9. The van der Waals surface area contributed by atoms with Gasteiger partial charge in [-0.15, -0.1) is 0 Å². The van der Waals surface area contributed by atoms with E-state index in [2.05, 4.69) is 94.9 Å². The fourth-order valence-electron chi connectivity index (χ4n) is 6.53. The Morgan fingerprint density at radius 3 is 2.43 bits per heavy atom. The van der Waals surface area contributed by atoms with Crippen LogP contribution in [0.4, 0.5) is 18.9 Å². The maximum absolute atomic E-state index is 12.9. The number of aldehydes is 1. The van der Waals surface area contributed by atoms with E-state index in [4.69, 9.17) is 9.53 Å². The number of fused-ring (bicyclic) bond motifs is 3. The molecule has 2 N–H and O–H groups in total. The minimum absolute atomic E-state index is 0.122. The predicted molar refractivity (Wildman–Crippen MR) is 163 cm³/mol. The molecule has 4 atom stereocenters. The molecule has 3 heterocycles. The number of aromatic amines is 1. The molecule has 2 aliphatic heterocycles. The Bertz CT molecular complexity index is 1710. The summed E-state index contributed by atoms with van der Waals surface area (Å²) in [5, 5.41) is 11.9. The van der Waals surface area contributed by atoms with Crippen LogP contribution in [0.5, 0.6) is 0 Å². The molecule has 1 amide bonds. The van der Waals surface area contributed by atoms with Crippen molar-refractivity contribution >= 4 is 40.9 Å². The average Bonchev–Trinajstić information content (AvgIpc) is 3.52. The van der Waals surface area contributed by atoms with Crippen molar-refractivity contribution in [2.45, 2.75) is 56.5 Å². The Kier molecular flexibility index (Phi) is 7.89. The van der Waals surface area contributed by atoms with Gasteiger partial charge in [-0.3, -0.25) is 19.6 Å². The van der Waals surface area contributed by atoms with Crippen molar-refractivity contribution in [3.8, 4) is 0 Å². The molecule has 1 aromatic heterocycles. The molecule has 1 saturated heterocycles. The molecule has 7 rings (SSSR count). The molecule has 3 aliphatic rings. The van der Waals surface area contributed by atoms with Gasteiger partial charge in [-0.25, -0.2) is 0 Å². The first-order chi connectivity index (χ1) is 21.1. The van der Waals surface area contributed by atoms with Crippen molar-refractivity contribution < 1.29 is 27.5 Å². The molecule has 44 heavy (non-hydrogen) atoms. The molecular formula is C34H33F3N4O3. The number of alkyl halides is 3. The Morgan fingerprint density at radius 2 is 1.73 bits per heavy atom. The molecule has 1 aliphatic carbocycles. The first kappa shape index (κ1) is 29.8. The molecule has 0 unspecified atom stereocenters. The lowest BCUT2D eigenvalue weighted by atomic mass is 9.92. The summed E-state index contributed by atoms with van der Waals surface area (Å²) in [6.07, 6.45) is -0.107. The first-order valence-corrected chi connectivity index (χ1v) is 14.6. The quantitative estimate of drug-likeness (QED) is 0.256. The van der Waals surface area contributed by atoms with Gasteiger partial charge in [-0.2, -0.15) is 18.3 Å². The summed E-state index contributed by atoms with van der Waals surface area (Å²) < 4.78 is 37.1. The molecule has 1 saturated carbocycles. The zero-order valence-corrected chi connectivity index (χ0v) is 24.4. The fourth-order valence-corrected chi connectivity index (χ4v) is 6.53. The fraction of sp³-hybridized carbons (Fsp3) is 0.324. The zero-order chi connectivity index (χ0) is 31.1. The van der Waals surface area contributed by atoms with Gasteiger partial charge >= 0.3 is 6.18 Å². The number of H-pyrrole nitrogens is 1. The third kappa shape index (κ3) is 6.05. The van der Waals surface area contributed by atoms with Gasteiger partial charge in [-0.1, -0.05) is 60.7 Å². The highest BCUT2D eigenvalue weighted by atomic mass is 19.4. The van der Waals surface area contributed by atoms with Crippen molar-refractivity contribution in [1.29, 1.82) is 0 Å². The summed E-state index contributed by atoms with van der Waals surface area (Å²) >= 11 is 0. The van der Waals surface area contributed by atoms with E-state index in [-0.39, 0.29) is 24.0 Å². The van der Waals surface area contributed by atoms with Gasteiger partial charge < -0.3 is 10.1 Å². The summed E-state index contributed by atoms with van der Waals surface area (Å²) in [7, 11) is 0. The molecule has 2 fully saturated rings. The van der Waals surface area contributed by atoms with E-state index in [0.29, 0.717) is 0 Å². The average molecular weight is 603 g/mol. The zero-order valence-electron chi connectivity index (χ0n) is 24.4. The Labute approximate surface area is 253 Å². The summed E-state index contributed by atoms with van der Waals surface area (Å²) in [6.45, 7) is 7.19. The van der Waals surface area contributed by atoms with E-state index in [1.54, 1.807) is 0 Å². The number of amides is 1. The number of ether oxygens (including phenoxy) is 1. The number of carbonyl (C=O) groups excluding carboxylic acids is 2. The van der Waals surface area contributed by atoms with Crippen LogP contribution in [0, 0.1) is 0 Å². The summed E-state index contributed by atoms with van der Waals surface area (Å²) in [4.78, 5) is 24.1. The minimum atomic E-state index is -4.64. The van der Waals surface area contributed by atoms with E-state index in [1.807, 2.05) is 18.2 Å². The molecule has 10 heteroatoms. The van der Waals surface area contributed by atoms with Crippen LogP contribution in [0.2, 0.25) is 0 Å². The smallest absolute Gasteiger partial charge is 0.373 e. The molecular weight excluding hydrogens is 569 g/mol. The van der Waals surface area contributed by atoms with Gasteiger partial charge in [0.05, 0.1) is 28.8 Å². The monoisotopic (exact) mass is 602 g/mol. The number of nitrogens with one attached hydrogen (secondary N) is 2. The molecule has 0 radical (unpaired) electrons. The summed E-state index contributed by atoms with van der Waals surface area (Å²) in [5.74, 6) is 0.317. The second-order valence-electron chi connectivity index (χ2n) is 11.8. The van der Waals surface area contributed by atoms with E-state index >= 15 is 0 Å². The number of nitrogens with zero attached hydrogens (tertiary/aromatic N) is 2. The summed E-state index contributed by atoms with van der Waals surface area (Å²) in [5.41, 5.74) is 7.23. The highest BCUT2D eigenvalue weighted by Gasteiger charge is 2.65. The van der Waals surface area contributed by atoms with Gasteiger partial charge in [0.1, 0.15) is 0 Å². The van der Waals surface area contributed by atoms with E-state index in [1.165, 1.54) is 11.1 Å². The van der Waals surface area contributed by atoms with Crippen LogP contribution in [0.3, 0.4) is 0 Å². The number of hydrogen-bond acceptors (Lipinski definition) is 5. The van der Waals surface area contributed by atoms with Crippen molar-refractivity contribution in [1.82, 2.24) is 15.1 Å². The van der Waals surface area contributed by atoms with E-state index in [0.717, 1.165) is 59.5 Å². The maximum Gasteiger partial charge on any atom is 0.446 e. The molecule has 0 bridgehead atoms. The van der Waals surface area contributed by atoms with Crippen LogP contribution in [0.25, 0.3) is 23.1 Å². The Balaban J connectivity index is 0.000000523. The van der Waals surface area contributed by atoms with Crippen LogP contribution in [-0.2, 0) is 26.3 Å². The topological polar surface area (TPSA) is 87.3 Å². The standard InChI is InChI=1S/C32H32N4O2.C2HF3O/c1-20-17-36(18-21(2)38-20)19-23-9-7-22(8-10-23)11-14-28-25-13-12-24(15-30(25)35-34-28)27-16-32(27)26-5-3-4-6-29(26)33-31(32)37;3-2(4,5)1-6/h3-15,20-21,27H,16-19H2,1-2H3,(H,33,37)(H,34,35);1H/b14-11+;/t20-,21+,27-,32-;/m0./s1. The minimum Gasteiger partial charge on any atom is -0.373 e. The largest absolute Gasteiger partial charge is 0.446 e. The van der Waals surface area contributed by atoms with E-state index < -0.39 is 17.9 Å². The number of para-hydroxylation sites is 1. The SMILES string of the molecule is C[C@@H]1CN(Cc2ccc(/C=C/c3n[nH]c4cc([C@@H]5C[C@@]56C(=O)Nc5ccccc56)ccc34)cc2)C[C@H](C)O1.O=CC(F)(F)F. The lowest BCUT2D eigenvalue weighted by molar-refractivity contribution is -0.156. The second-order valence-corrected chi connectivity index (χ2v) is 11.8. The molecule has 1 spiro atoms. The molecule has 4 aromatic rings. The number of morpholine rings is 1. The Hall–Kier alpha value is -4.28. The molecule has 7 nitrogen and oxygen atoms in total. The Morgan fingerprint density at radius 1 is 1.02 bits per heavy atom. The highest BCUT2D eigenvalue weighted by Crippen LogP contribution is 2.65. The van der Waals surface area contributed by atoms with Crippen molar-refractivity contribution in [2.75, 3.05) is 18.4 Å². The predicted octanol–water partition coefficient (Wildman–Crippen LogP) is 6.47. The van der Waals surface area contributed by atoms with Gasteiger partial charge in [-0.05, 0) is 60.7 Å². The van der Waals surface area contributed by atoms with Crippen molar-refractivity contribution in [2.24, 2.45) is 0 Å². The van der Waals surface area contributed by atoms with Crippen molar-refractivity contribution in [3.05, 3.63) is 94.7 Å². The van der Waals surface area contributed by atoms with Gasteiger partial charge in [0.25, 0.3) is 0 Å². The number of rotatable bonds is 5. The first-order valence-electron chi connectivity index (χ1n) is 14.6. The lowest BCUT2D eigenvalue weighted by Gasteiger charge is -2.35. The van der Waals surface area contributed by atoms with Crippen LogP contribution in [-0.4, -0.2) is 58.8 Å². The van der Waals surface area contributed by atoms with Gasteiger partial charge in [0.15, 0.2) is 0 Å². The number of hydrogen-bond donors (Lipinski definition) is 2. The van der Waals surface area contributed by atoms with Crippen LogP contribution in [0.1, 0.15) is 54.1 Å². The highest BCUT2D eigenvalue weighted by molar-refractivity contribution is 6.09. The lowest BCUT2D eigenvalue weighted by Crippen LogP contribution is -2.44. The van der Waals surface area contributed by atoms with E-state index in [9.17, 15) is 18.0 Å². The number of benzene rings is 3.